The van der Waals surface area contributed by atoms with Crippen molar-refractivity contribution in [3.05, 3.63) is 28.2 Å². The van der Waals surface area contributed by atoms with Crippen LogP contribution in [0.5, 0.6) is 5.75 Å². The Morgan fingerprint density at radius 1 is 1.37 bits per heavy atom. The Labute approximate surface area is 122 Å². The van der Waals surface area contributed by atoms with Gasteiger partial charge in [0.25, 0.3) is 0 Å². The predicted octanol–water partition coefficient (Wildman–Crippen LogP) is 3.66. The van der Waals surface area contributed by atoms with Crippen LogP contribution in [0, 0.1) is 6.92 Å². The molecule has 5 heteroatoms. The number of amides is 1. The zero-order valence-electron chi connectivity index (χ0n) is 11.7. The fourth-order valence-corrected chi connectivity index (χ4v) is 1.96. The van der Waals surface area contributed by atoms with Crippen molar-refractivity contribution in [2.24, 2.45) is 0 Å². The second-order valence-corrected chi connectivity index (χ2v) is 6.07. The van der Waals surface area contributed by atoms with E-state index in [2.05, 4.69) is 21.2 Å². The van der Waals surface area contributed by atoms with E-state index in [1.54, 1.807) is 0 Å². The Morgan fingerprint density at radius 3 is 2.63 bits per heavy atom. The van der Waals surface area contributed by atoms with Gasteiger partial charge in [0.05, 0.1) is 11.0 Å². The van der Waals surface area contributed by atoms with Crippen molar-refractivity contribution in [2.75, 3.05) is 13.2 Å². The summed E-state index contributed by atoms with van der Waals surface area (Å²) in [6, 6.07) is 5.85. The molecule has 0 fully saturated rings. The van der Waals surface area contributed by atoms with E-state index in [0.29, 0.717) is 13.2 Å². The third-order valence-corrected chi connectivity index (χ3v) is 2.73. The third kappa shape index (κ3) is 6.47. The first-order valence-corrected chi connectivity index (χ1v) is 6.93. The van der Waals surface area contributed by atoms with Crippen LogP contribution >= 0.6 is 15.9 Å². The highest BCUT2D eigenvalue weighted by atomic mass is 79.9. The van der Waals surface area contributed by atoms with Gasteiger partial charge < -0.3 is 14.8 Å². The first-order valence-electron chi connectivity index (χ1n) is 6.14. The van der Waals surface area contributed by atoms with E-state index >= 15 is 0 Å². The van der Waals surface area contributed by atoms with Gasteiger partial charge in [-0.3, -0.25) is 0 Å². The number of carbonyl (C=O) groups is 1. The van der Waals surface area contributed by atoms with Gasteiger partial charge in [-0.1, -0.05) is 6.07 Å². The van der Waals surface area contributed by atoms with Crippen molar-refractivity contribution in [1.82, 2.24) is 5.32 Å². The Kier molecular flexibility index (Phi) is 5.66. The summed E-state index contributed by atoms with van der Waals surface area (Å²) in [5, 5.41) is 2.64. The van der Waals surface area contributed by atoms with Crippen LogP contribution < -0.4 is 10.1 Å². The molecule has 0 atom stereocenters. The van der Waals surface area contributed by atoms with Gasteiger partial charge in [0.15, 0.2) is 0 Å². The average Bonchev–Trinajstić information content (AvgIpc) is 2.24. The molecule has 0 saturated heterocycles. The SMILES string of the molecule is Cc1ccc(OCCNC(=O)OC(C)(C)C)c(Br)c1. The molecule has 19 heavy (non-hydrogen) atoms. The monoisotopic (exact) mass is 329 g/mol. The summed E-state index contributed by atoms with van der Waals surface area (Å²) in [6.07, 6.45) is -0.431. The van der Waals surface area contributed by atoms with Crippen molar-refractivity contribution < 1.29 is 14.3 Å². The van der Waals surface area contributed by atoms with Crippen molar-refractivity contribution in [3.8, 4) is 5.75 Å². The Bertz CT molecular complexity index is 441. The summed E-state index contributed by atoms with van der Waals surface area (Å²) in [7, 11) is 0. The number of alkyl carbamates (subject to hydrolysis) is 1. The van der Waals surface area contributed by atoms with Crippen LogP contribution in [0.3, 0.4) is 0 Å². The van der Waals surface area contributed by atoms with E-state index in [1.165, 1.54) is 0 Å². The van der Waals surface area contributed by atoms with E-state index < -0.39 is 11.7 Å². The quantitative estimate of drug-likeness (QED) is 0.857. The van der Waals surface area contributed by atoms with E-state index in [0.717, 1.165) is 15.8 Å². The normalized spacial score (nSPS) is 11.0. The first kappa shape index (κ1) is 15.8. The summed E-state index contributed by atoms with van der Waals surface area (Å²) < 4.78 is 11.6. The highest BCUT2D eigenvalue weighted by Crippen LogP contribution is 2.25. The zero-order chi connectivity index (χ0) is 14.5. The second kappa shape index (κ2) is 6.80. The number of rotatable bonds is 4. The molecule has 1 aromatic carbocycles. The Hall–Kier alpha value is -1.23. The number of nitrogens with one attached hydrogen (secondary N) is 1. The highest BCUT2D eigenvalue weighted by Gasteiger charge is 2.15. The summed E-state index contributed by atoms with van der Waals surface area (Å²) in [6.45, 7) is 8.28. The summed E-state index contributed by atoms with van der Waals surface area (Å²) >= 11 is 3.43. The van der Waals surface area contributed by atoms with Crippen LogP contribution in [0.1, 0.15) is 26.3 Å². The lowest BCUT2D eigenvalue weighted by atomic mass is 10.2. The van der Waals surface area contributed by atoms with Crippen molar-refractivity contribution in [1.29, 1.82) is 0 Å². The van der Waals surface area contributed by atoms with Crippen LogP contribution in [0.2, 0.25) is 0 Å². The van der Waals surface area contributed by atoms with Crippen molar-refractivity contribution in [3.63, 3.8) is 0 Å². The van der Waals surface area contributed by atoms with Crippen LogP contribution in [-0.4, -0.2) is 24.8 Å². The summed E-state index contributed by atoms with van der Waals surface area (Å²) in [5.74, 6) is 0.761. The largest absolute Gasteiger partial charge is 0.491 e. The second-order valence-electron chi connectivity index (χ2n) is 5.21. The highest BCUT2D eigenvalue weighted by molar-refractivity contribution is 9.10. The molecular weight excluding hydrogens is 310 g/mol. The van der Waals surface area contributed by atoms with Gasteiger partial charge in [0.2, 0.25) is 0 Å². The molecule has 4 nitrogen and oxygen atoms in total. The fraction of sp³-hybridized carbons (Fsp3) is 0.500. The van der Waals surface area contributed by atoms with Gasteiger partial charge in [0, 0.05) is 0 Å². The molecule has 1 amide bonds. The summed E-state index contributed by atoms with van der Waals surface area (Å²) in [5.41, 5.74) is 0.677. The standard InChI is InChI=1S/C14H20BrNO3/c1-10-5-6-12(11(15)9-10)18-8-7-16-13(17)19-14(2,3)4/h5-6,9H,7-8H2,1-4H3,(H,16,17). The van der Waals surface area contributed by atoms with Crippen LogP contribution in [0.25, 0.3) is 0 Å². The predicted molar refractivity (Wildman–Crippen MR) is 78.6 cm³/mol. The smallest absolute Gasteiger partial charge is 0.407 e. The molecule has 0 aliphatic rings. The van der Waals surface area contributed by atoms with Gasteiger partial charge in [0.1, 0.15) is 18.0 Å². The lowest BCUT2D eigenvalue weighted by Gasteiger charge is -2.19. The number of benzene rings is 1. The number of carbonyl (C=O) groups excluding carboxylic acids is 1. The Morgan fingerprint density at radius 2 is 2.05 bits per heavy atom. The Balaban J connectivity index is 2.29. The molecule has 0 saturated carbocycles. The minimum absolute atomic E-state index is 0.390. The average molecular weight is 330 g/mol. The van der Waals surface area contributed by atoms with Gasteiger partial charge in [-0.2, -0.15) is 0 Å². The number of aryl methyl sites for hydroxylation is 1. The van der Waals surface area contributed by atoms with Gasteiger partial charge in [-0.25, -0.2) is 4.79 Å². The maximum absolute atomic E-state index is 11.4. The lowest BCUT2D eigenvalue weighted by Crippen LogP contribution is -2.34. The molecule has 1 N–H and O–H groups in total. The molecule has 1 rings (SSSR count). The molecule has 0 aromatic heterocycles. The maximum Gasteiger partial charge on any atom is 0.407 e. The van der Waals surface area contributed by atoms with Gasteiger partial charge in [-0.05, 0) is 61.3 Å². The molecule has 106 valence electrons. The molecule has 0 bridgehead atoms. The summed E-state index contributed by atoms with van der Waals surface area (Å²) in [4.78, 5) is 11.4. The molecule has 0 aliphatic heterocycles. The van der Waals surface area contributed by atoms with Crippen molar-refractivity contribution >= 4 is 22.0 Å². The van der Waals surface area contributed by atoms with E-state index in [1.807, 2.05) is 45.9 Å². The maximum atomic E-state index is 11.4. The molecule has 0 spiro atoms. The number of hydrogen-bond acceptors (Lipinski definition) is 3. The fourth-order valence-electron chi connectivity index (χ4n) is 1.35. The van der Waals surface area contributed by atoms with Crippen LogP contribution in [-0.2, 0) is 4.74 Å². The van der Waals surface area contributed by atoms with Crippen LogP contribution in [0.4, 0.5) is 4.79 Å². The molecule has 0 aliphatic carbocycles. The third-order valence-electron chi connectivity index (χ3n) is 2.12. The van der Waals surface area contributed by atoms with Crippen molar-refractivity contribution in [2.45, 2.75) is 33.3 Å². The molecule has 0 radical (unpaired) electrons. The zero-order valence-corrected chi connectivity index (χ0v) is 13.3. The molecule has 0 unspecified atom stereocenters. The lowest BCUT2D eigenvalue weighted by molar-refractivity contribution is 0.0520. The first-order chi connectivity index (χ1) is 8.78. The van der Waals surface area contributed by atoms with Crippen LogP contribution in [0.15, 0.2) is 22.7 Å². The number of halogens is 1. The number of ether oxygens (including phenoxy) is 2. The van der Waals surface area contributed by atoms with Gasteiger partial charge >= 0.3 is 6.09 Å². The van der Waals surface area contributed by atoms with E-state index in [4.69, 9.17) is 9.47 Å². The molecule has 1 aromatic rings. The minimum atomic E-state index is -0.481. The topological polar surface area (TPSA) is 47.6 Å². The number of hydrogen-bond donors (Lipinski definition) is 1. The van der Waals surface area contributed by atoms with E-state index in [-0.39, 0.29) is 0 Å². The minimum Gasteiger partial charge on any atom is -0.491 e. The molecular formula is C14H20BrNO3. The molecule has 0 heterocycles. The van der Waals surface area contributed by atoms with Gasteiger partial charge in [-0.15, -0.1) is 0 Å². The van der Waals surface area contributed by atoms with E-state index in [9.17, 15) is 4.79 Å².